The molecule has 0 atom stereocenters. The van der Waals surface area contributed by atoms with Crippen molar-refractivity contribution in [2.45, 2.75) is 13.5 Å². The zero-order chi connectivity index (χ0) is 26.0. The molecule has 1 aromatic heterocycles. The molecule has 3 aromatic rings. The summed E-state index contributed by atoms with van der Waals surface area (Å²) in [6.45, 7) is 5.43. The van der Waals surface area contributed by atoms with Crippen molar-refractivity contribution in [2.75, 3.05) is 42.9 Å². The fraction of sp³-hybridized carbons (Fsp3) is 0.304. The van der Waals surface area contributed by atoms with Crippen molar-refractivity contribution in [1.29, 1.82) is 0 Å². The molecule has 2 heterocycles. The Morgan fingerprint density at radius 2 is 1.58 bits per heavy atom. The molecule has 1 fully saturated rings. The summed E-state index contributed by atoms with van der Waals surface area (Å²) in [6.07, 6.45) is 0. The number of thiazole rings is 1. The summed E-state index contributed by atoms with van der Waals surface area (Å²) < 4.78 is 72.8. The Morgan fingerprint density at radius 3 is 2.17 bits per heavy atom. The van der Waals surface area contributed by atoms with Gasteiger partial charge < -0.3 is 15.0 Å². The van der Waals surface area contributed by atoms with Crippen molar-refractivity contribution >= 4 is 40.4 Å². The van der Waals surface area contributed by atoms with E-state index in [1.807, 2.05) is 24.3 Å². The molecule has 6 nitrogen and oxygen atoms in total. The molecule has 0 aliphatic carbocycles. The number of hydrogen-bond acceptors (Lipinski definition) is 7. The highest BCUT2D eigenvalue weighted by Gasteiger charge is 2.30. The molecule has 13 heteroatoms. The van der Waals surface area contributed by atoms with Crippen molar-refractivity contribution in [2.24, 2.45) is 0 Å². The minimum Gasteiger partial charge on any atom is -0.416 e. The number of anilines is 2. The second-order valence-electron chi connectivity index (χ2n) is 7.84. The zero-order valence-corrected chi connectivity index (χ0v) is 20.5. The van der Waals surface area contributed by atoms with Gasteiger partial charge in [-0.05, 0) is 31.2 Å². The van der Waals surface area contributed by atoms with E-state index in [4.69, 9.17) is 11.6 Å². The third-order valence-corrected chi connectivity index (χ3v) is 6.76. The highest BCUT2D eigenvalue weighted by Crippen LogP contribution is 2.32. The minimum atomic E-state index is -2.34. The largest absolute Gasteiger partial charge is 0.416 e. The van der Waals surface area contributed by atoms with Crippen LogP contribution in [0.3, 0.4) is 0 Å². The Bertz CT molecular complexity index is 1240. The van der Waals surface area contributed by atoms with Crippen LogP contribution in [0.2, 0.25) is 5.02 Å². The molecule has 0 unspecified atom stereocenters. The number of piperazine rings is 1. The van der Waals surface area contributed by atoms with Gasteiger partial charge in [0.25, 0.3) is 0 Å². The predicted molar refractivity (Wildman–Crippen MR) is 126 cm³/mol. The van der Waals surface area contributed by atoms with Gasteiger partial charge in [-0.3, -0.25) is 4.90 Å². The molecule has 0 amide bonds. The van der Waals surface area contributed by atoms with E-state index in [-0.39, 0.29) is 10.7 Å². The summed E-state index contributed by atoms with van der Waals surface area (Å²) in [5.74, 6) is -14.0. The molecule has 0 spiro atoms. The summed E-state index contributed by atoms with van der Waals surface area (Å²) in [6, 6.07) is 7.55. The summed E-state index contributed by atoms with van der Waals surface area (Å²) in [5, 5.41) is 4.04. The maximum Gasteiger partial charge on any atom is 0.357 e. The fourth-order valence-electron chi connectivity index (χ4n) is 3.68. The SMILES string of the molecule is CCNc1nc(CN2CCN(c3ccc(Cl)cc3)CC2)sc1C(=O)Oc1c(F)c(F)c(F)c(F)c1F. The Hall–Kier alpha value is -2.96. The van der Waals surface area contributed by atoms with Crippen molar-refractivity contribution in [3.63, 3.8) is 0 Å². The maximum absolute atomic E-state index is 14.0. The monoisotopic (exact) mass is 546 g/mol. The fourth-order valence-corrected chi connectivity index (χ4v) is 4.76. The average Bonchev–Trinajstić information content (AvgIpc) is 3.27. The van der Waals surface area contributed by atoms with Gasteiger partial charge in [0.15, 0.2) is 10.7 Å². The second-order valence-corrected chi connectivity index (χ2v) is 9.36. The van der Waals surface area contributed by atoms with Gasteiger partial charge in [0.2, 0.25) is 34.8 Å². The van der Waals surface area contributed by atoms with E-state index in [0.29, 0.717) is 36.2 Å². The van der Waals surface area contributed by atoms with Gasteiger partial charge >= 0.3 is 5.97 Å². The molecule has 0 saturated carbocycles. The quantitative estimate of drug-likeness (QED) is 0.140. The highest BCUT2D eigenvalue weighted by molar-refractivity contribution is 7.14. The lowest BCUT2D eigenvalue weighted by Crippen LogP contribution is -2.45. The van der Waals surface area contributed by atoms with Gasteiger partial charge in [-0.1, -0.05) is 11.6 Å². The van der Waals surface area contributed by atoms with Crippen molar-refractivity contribution in [1.82, 2.24) is 9.88 Å². The molecular weight excluding hydrogens is 527 g/mol. The molecule has 1 N–H and O–H groups in total. The van der Waals surface area contributed by atoms with E-state index in [9.17, 15) is 26.7 Å². The van der Waals surface area contributed by atoms with Crippen LogP contribution < -0.4 is 15.0 Å². The number of nitrogens with zero attached hydrogens (tertiary/aromatic N) is 3. The van der Waals surface area contributed by atoms with E-state index in [2.05, 4.69) is 24.8 Å². The summed E-state index contributed by atoms with van der Waals surface area (Å²) in [5.41, 5.74) is 1.06. The highest BCUT2D eigenvalue weighted by atomic mass is 35.5. The molecule has 1 aliphatic rings. The summed E-state index contributed by atoms with van der Waals surface area (Å²) in [4.78, 5) is 21.2. The molecule has 36 heavy (non-hydrogen) atoms. The standard InChI is InChI=1S/C23H20ClF5N4O2S/c1-2-30-22-21(23(34)35-20-18(28)16(26)15(25)17(27)19(20)29)36-14(31-22)11-32-7-9-33(10-8-32)13-5-3-12(24)4-6-13/h3-6,30H,2,7-11H2,1H3. The van der Waals surface area contributed by atoms with Crippen LogP contribution >= 0.6 is 22.9 Å². The molecule has 1 aliphatic heterocycles. The number of halogens is 6. The van der Waals surface area contributed by atoms with Gasteiger partial charge in [0.1, 0.15) is 5.01 Å². The number of esters is 1. The zero-order valence-electron chi connectivity index (χ0n) is 18.9. The number of benzene rings is 2. The number of nitrogens with one attached hydrogen (secondary N) is 1. The third kappa shape index (κ3) is 5.40. The summed E-state index contributed by atoms with van der Waals surface area (Å²) in [7, 11) is 0. The Morgan fingerprint density at radius 1 is 1.00 bits per heavy atom. The van der Waals surface area contributed by atoms with Crippen molar-refractivity contribution < 1.29 is 31.5 Å². The molecular formula is C23H20ClF5N4O2S. The Kier molecular flexibility index (Phi) is 7.96. The molecule has 0 radical (unpaired) electrons. The first kappa shape index (κ1) is 26.1. The van der Waals surface area contributed by atoms with Crippen molar-refractivity contribution in [3.8, 4) is 5.75 Å². The van der Waals surface area contributed by atoms with Gasteiger partial charge in [-0.25, -0.2) is 22.9 Å². The second kappa shape index (κ2) is 11.0. The lowest BCUT2D eigenvalue weighted by molar-refractivity contribution is 0.0722. The van der Waals surface area contributed by atoms with Crippen molar-refractivity contribution in [3.05, 3.63) is 68.3 Å². The van der Waals surface area contributed by atoms with Gasteiger partial charge in [-0.2, -0.15) is 8.78 Å². The molecule has 1 saturated heterocycles. The van der Waals surface area contributed by atoms with Crippen LogP contribution in [0.4, 0.5) is 33.5 Å². The number of carbonyl (C=O) groups is 1. The van der Waals surface area contributed by atoms with E-state index in [1.54, 1.807) is 6.92 Å². The summed E-state index contributed by atoms with van der Waals surface area (Å²) >= 11 is 6.87. The number of ether oxygens (including phenoxy) is 1. The van der Waals surface area contributed by atoms with Crippen LogP contribution in [0.1, 0.15) is 21.6 Å². The third-order valence-electron chi connectivity index (χ3n) is 5.49. The van der Waals surface area contributed by atoms with E-state index >= 15 is 0 Å². The van der Waals surface area contributed by atoms with Crippen LogP contribution in [-0.2, 0) is 6.54 Å². The number of rotatable bonds is 7. The first-order chi connectivity index (χ1) is 17.2. The number of hydrogen-bond donors (Lipinski definition) is 1. The Labute approximate surface area is 212 Å². The topological polar surface area (TPSA) is 57.7 Å². The molecule has 4 rings (SSSR count). The van der Waals surface area contributed by atoms with Crippen LogP contribution in [0.5, 0.6) is 5.75 Å². The predicted octanol–water partition coefficient (Wildman–Crippen LogP) is 5.47. The molecule has 2 aromatic carbocycles. The first-order valence-corrected chi connectivity index (χ1v) is 12.1. The smallest absolute Gasteiger partial charge is 0.357 e. The van der Waals surface area contributed by atoms with Crippen LogP contribution in [0.15, 0.2) is 24.3 Å². The molecule has 192 valence electrons. The molecule has 0 bridgehead atoms. The lowest BCUT2D eigenvalue weighted by atomic mass is 10.2. The number of carbonyl (C=O) groups excluding carboxylic acids is 1. The first-order valence-electron chi connectivity index (χ1n) is 10.9. The van der Waals surface area contributed by atoms with E-state index in [1.165, 1.54) is 0 Å². The van der Waals surface area contributed by atoms with Crippen LogP contribution in [0.25, 0.3) is 0 Å². The average molecular weight is 547 g/mol. The van der Waals surface area contributed by atoms with Crippen LogP contribution in [-0.4, -0.2) is 48.6 Å². The number of aromatic nitrogens is 1. The van der Waals surface area contributed by atoms with Gasteiger partial charge in [0, 0.05) is 43.4 Å². The minimum absolute atomic E-state index is 0.103. The van der Waals surface area contributed by atoms with E-state index in [0.717, 1.165) is 30.1 Å². The Balaban J connectivity index is 1.47. The normalized spacial score (nSPS) is 14.2. The lowest BCUT2D eigenvalue weighted by Gasteiger charge is -2.35. The van der Waals surface area contributed by atoms with Crippen LogP contribution in [0, 0.1) is 29.1 Å². The van der Waals surface area contributed by atoms with E-state index < -0.39 is 40.8 Å². The maximum atomic E-state index is 14.0. The van der Waals surface area contributed by atoms with Gasteiger partial charge in [0.05, 0.1) is 6.54 Å². The van der Waals surface area contributed by atoms with Gasteiger partial charge in [-0.15, -0.1) is 11.3 Å².